The van der Waals surface area contributed by atoms with Gasteiger partial charge >= 0.3 is 0 Å². The van der Waals surface area contributed by atoms with E-state index in [-0.39, 0.29) is 12.5 Å². The Labute approximate surface area is 138 Å². The van der Waals surface area contributed by atoms with E-state index in [1.807, 2.05) is 12.1 Å². The third-order valence-electron chi connectivity index (χ3n) is 3.20. The number of thiophene rings is 1. The van der Waals surface area contributed by atoms with Gasteiger partial charge in [0.1, 0.15) is 5.75 Å². The lowest BCUT2D eigenvalue weighted by Crippen LogP contribution is -2.28. The van der Waals surface area contributed by atoms with Crippen LogP contribution in [-0.2, 0) is 11.2 Å². The molecule has 0 aliphatic carbocycles. The average Bonchev–Trinajstić information content (AvgIpc) is 2.96. The van der Waals surface area contributed by atoms with E-state index < -0.39 is 6.10 Å². The highest BCUT2D eigenvalue weighted by Crippen LogP contribution is 2.22. The van der Waals surface area contributed by atoms with Crippen molar-refractivity contribution in [3.63, 3.8) is 0 Å². The van der Waals surface area contributed by atoms with Gasteiger partial charge in [-0.15, -0.1) is 11.3 Å². The standard InChI is InChI=1S/C16H18ClNO3S/c1-21-12-4-2-3-11(9-12)14(19)10-18-16(20)8-6-13-5-7-15(17)22-13/h2-5,7,9,14,19H,6,8,10H2,1H3,(H,18,20). The van der Waals surface area contributed by atoms with Gasteiger partial charge in [-0.05, 0) is 36.2 Å². The number of halogens is 1. The number of hydrogen-bond acceptors (Lipinski definition) is 4. The molecule has 0 saturated carbocycles. The van der Waals surface area contributed by atoms with E-state index in [2.05, 4.69) is 5.32 Å². The van der Waals surface area contributed by atoms with E-state index in [1.165, 1.54) is 11.3 Å². The Morgan fingerprint density at radius 3 is 2.91 bits per heavy atom. The second-order valence-electron chi connectivity index (χ2n) is 4.80. The predicted molar refractivity (Wildman–Crippen MR) is 88.6 cm³/mol. The van der Waals surface area contributed by atoms with Gasteiger partial charge in [0.25, 0.3) is 0 Å². The molecule has 2 aromatic rings. The Kier molecular flexibility index (Phi) is 6.24. The van der Waals surface area contributed by atoms with Crippen LogP contribution < -0.4 is 10.1 Å². The van der Waals surface area contributed by atoms with Crippen molar-refractivity contribution in [1.82, 2.24) is 5.32 Å². The molecule has 1 aromatic heterocycles. The van der Waals surface area contributed by atoms with Gasteiger partial charge in [-0.25, -0.2) is 0 Å². The summed E-state index contributed by atoms with van der Waals surface area (Å²) in [6, 6.07) is 10.9. The molecule has 0 fully saturated rings. The van der Waals surface area contributed by atoms with Gasteiger partial charge < -0.3 is 15.2 Å². The highest BCUT2D eigenvalue weighted by atomic mass is 35.5. The SMILES string of the molecule is COc1cccc(C(O)CNC(=O)CCc2ccc(Cl)s2)c1. The molecule has 0 aliphatic rings. The van der Waals surface area contributed by atoms with Crippen LogP contribution in [-0.4, -0.2) is 24.7 Å². The first-order chi connectivity index (χ1) is 10.6. The molecule has 1 atom stereocenters. The van der Waals surface area contributed by atoms with Crippen molar-refractivity contribution in [3.8, 4) is 5.75 Å². The number of methoxy groups -OCH3 is 1. The van der Waals surface area contributed by atoms with Crippen molar-refractivity contribution in [3.05, 3.63) is 51.2 Å². The maximum atomic E-state index is 11.8. The van der Waals surface area contributed by atoms with Crippen LogP contribution in [0.25, 0.3) is 0 Å². The molecule has 0 aliphatic heterocycles. The normalized spacial score (nSPS) is 12.0. The first kappa shape index (κ1) is 16.8. The molecule has 2 rings (SSSR count). The summed E-state index contributed by atoms with van der Waals surface area (Å²) in [7, 11) is 1.57. The summed E-state index contributed by atoms with van der Waals surface area (Å²) in [6.45, 7) is 0.178. The van der Waals surface area contributed by atoms with Crippen LogP contribution in [0.3, 0.4) is 0 Å². The number of nitrogens with one attached hydrogen (secondary N) is 1. The van der Waals surface area contributed by atoms with E-state index in [0.717, 1.165) is 9.21 Å². The monoisotopic (exact) mass is 339 g/mol. The number of aliphatic hydroxyl groups excluding tert-OH is 1. The molecule has 118 valence electrons. The van der Waals surface area contributed by atoms with Gasteiger partial charge in [0, 0.05) is 17.8 Å². The summed E-state index contributed by atoms with van der Waals surface area (Å²) in [5, 5.41) is 12.8. The van der Waals surface area contributed by atoms with Gasteiger partial charge in [0.2, 0.25) is 5.91 Å². The van der Waals surface area contributed by atoms with E-state index in [1.54, 1.807) is 31.4 Å². The van der Waals surface area contributed by atoms with Crippen LogP contribution in [0.15, 0.2) is 36.4 Å². The number of benzene rings is 1. The summed E-state index contributed by atoms with van der Waals surface area (Å²) < 4.78 is 5.84. The number of carbonyl (C=O) groups excluding carboxylic acids is 1. The number of hydrogen-bond donors (Lipinski definition) is 2. The van der Waals surface area contributed by atoms with Crippen LogP contribution in [0.4, 0.5) is 0 Å². The second-order valence-corrected chi connectivity index (χ2v) is 6.60. The van der Waals surface area contributed by atoms with Crippen molar-refractivity contribution in [1.29, 1.82) is 0 Å². The molecule has 0 saturated heterocycles. The highest BCUT2D eigenvalue weighted by molar-refractivity contribution is 7.16. The van der Waals surface area contributed by atoms with Crippen molar-refractivity contribution in [2.45, 2.75) is 18.9 Å². The highest BCUT2D eigenvalue weighted by Gasteiger charge is 2.11. The lowest BCUT2D eigenvalue weighted by atomic mass is 10.1. The predicted octanol–water partition coefficient (Wildman–Crippen LogP) is 3.19. The number of aryl methyl sites for hydroxylation is 1. The number of rotatable bonds is 7. The lowest BCUT2D eigenvalue weighted by Gasteiger charge is -2.13. The van der Waals surface area contributed by atoms with Crippen LogP contribution >= 0.6 is 22.9 Å². The Morgan fingerprint density at radius 2 is 2.23 bits per heavy atom. The van der Waals surface area contributed by atoms with Crippen LogP contribution in [0.1, 0.15) is 23.0 Å². The molecule has 0 spiro atoms. The van der Waals surface area contributed by atoms with Gasteiger partial charge in [-0.2, -0.15) is 0 Å². The topological polar surface area (TPSA) is 58.6 Å². The van der Waals surface area contributed by atoms with Crippen molar-refractivity contribution >= 4 is 28.8 Å². The Balaban J connectivity index is 1.77. The van der Waals surface area contributed by atoms with Crippen LogP contribution in [0.5, 0.6) is 5.75 Å². The van der Waals surface area contributed by atoms with Crippen LogP contribution in [0, 0.1) is 0 Å². The Hall–Kier alpha value is -1.56. The molecule has 0 bridgehead atoms. The van der Waals surface area contributed by atoms with Gasteiger partial charge in [-0.1, -0.05) is 23.7 Å². The summed E-state index contributed by atoms with van der Waals surface area (Å²) in [6.07, 6.45) is 0.274. The zero-order chi connectivity index (χ0) is 15.9. The van der Waals surface area contributed by atoms with Crippen molar-refractivity contribution in [2.24, 2.45) is 0 Å². The average molecular weight is 340 g/mol. The Morgan fingerprint density at radius 1 is 1.41 bits per heavy atom. The minimum atomic E-state index is -0.754. The lowest BCUT2D eigenvalue weighted by molar-refractivity contribution is -0.121. The van der Waals surface area contributed by atoms with Crippen molar-refractivity contribution < 1.29 is 14.6 Å². The number of ether oxygens (including phenoxy) is 1. The molecule has 22 heavy (non-hydrogen) atoms. The summed E-state index contributed by atoms with van der Waals surface area (Å²) in [4.78, 5) is 12.9. The fourth-order valence-electron chi connectivity index (χ4n) is 1.99. The molecular weight excluding hydrogens is 322 g/mol. The van der Waals surface area contributed by atoms with E-state index in [9.17, 15) is 9.90 Å². The molecular formula is C16H18ClNO3S. The number of carbonyl (C=O) groups is 1. The van der Waals surface area contributed by atoms with E-state index in [0.29, 0.717) is 24.2 Å². The smallest absolute Gasteiger partial charge is 0.220 e. The zero-order valence-corrected chi connectivity index (χ0v) is 13.8. The minimum Gasteiger partial charge on any atom is -0.497 e. The first-order valence-electron chi connectivity index (χ1n) is 6.91. The minimum absolute atomic E-state index is 0.0912. The first-order valence-corrected chi connectivity index (χ1v) is 8.11. The largest absolute Gasteiger partial charge is 0.497 e. The molecule has 0 radical (unpaired) electrons. The maximum Gasteiger partial charge on any atom is 0.220 e. The summed E-state index contributed by atoms with van der Waals surface area (Å²) in [5.41, 5.74) is 0.713. The van der Waals surface area contributed by atoms with Crippen LogP contribution in [0.2, 0.25) is 4.34 Å². The molecule has 1 aromatic carbocycles. The zero-order valence-electron chi connectivity index (χ0n) is 12.2. The molecule has 4 nitrogen and oxygen atoms in total. The molecule has 2 N–H and O–H groups in total. The second kappa shape index (κ2) is 8.17. The maximum absolute atomic E-state index is 11.8. The quantitative estimate of drug-likeness (QED) is 0.814. The third-order valence-corrected chi connectivity index (χ3v) is 4.49. The molecule has 1 heterocycles. The van der Waals surface area contributed by atoms with Gasteiger partial charge in [0.05, 0.1) is 17.6 Å². The van der Waals surface area contributed by atoms with Crippen molar-refractivity contribution in [2.75, 3.05) is 13.7 Å². The number of amides is 1. The van der Waals surface area contributed by atoms with Gasteiger partial charge in [0.15, 0.2) is 0 Å². The summed E-state index contributed by atoms with van der Waals surface area (Å²) in [5.74, 6) is 0.587. The third kappa shape index (κ3) is 5.02. The van der Waals surface area contributed by atoms with E-state index in [4.69, 9.17) is 16.3 Å². The van der Waals surface area contributed by atoms with Gasteiger partial charge in [-0.3, -0.25) is 4.79 Å². The fourth-order valence-corrected chi connectivity index (χ4v) is 3.08. The molecule has 1 amide bonds. The Bertz CT molecular complexity index is 629. The summed E-state index contributed by atoms with van der Waals surface area (Å²) >= 11 is 7.32. The molecule has 6 heteroatoms. The van der Waals surface area contributed by atoms with E-state index >= 15 is 0 Å². The molecule has 1 unspecified atom stereocenters. The fraction of sp³-hybridized carbons (Fsp3) is 0.312. The number of aliphatic hydroxyl groups is 1.